The average Bonchev–Trinajstić information content (AvgIpc) is 2.53. The molecule has 0 saturated carbocycles. The molecule has 0 saturated heterocycles. The molecular weight excluding hydrogens is 352 g/mol. The second kappa shape index (κ2) is 7.66. The van der Waals surface area contributed by atoms with Crippen LogP contribution in [0.2, 0.25) is 0 Å². The van der Waals surface area contributed by atoms with Gasteiger partial charge in [-0.15, -0.1) is 0 Å². The average molecular weight is 371 g/mol. The summed E-state index contributed by atoms with van der Waals surface area (Å²) in [4.78, 5) is 4.17. The summed E-state index contributed by atoms with van der Waals surface area (Å²) in [7, 11) is -0.0365. The van der Waals surface area contributed by atoms with Crippen molar-refractivity contribution in [2.45, 2.75) is 28.5 Å². The van der Waals surface area contributed by atoms with Gasteiger partial charge in [-0.25, -0.2) is 0 Å². The van der Waals surface area contributed by atoms with Crippen molar-refractivity contribution < 1.29 is 17.0 Å². The Hall–Kier alpha value is -1.51. The van der Waals surface area contributed by atoms with Gasteiger partial charge < -0.3 is 17.0 Å². The second-order valence-electron chi connectivity index (χ2n) is 5.20. The first-order valence-corrected chi connectivity index (χ1v) is 8.40. The van der Waals surface area contributed by atoms with Crippen molar-refractivity contribution in [3.05, 3.63) is 90.0 Å². The van der Waals surface area contributed by atoms with E-state index in [-0.39, 0.29) is 27.9 Å². The van der Waals surface area contributed by atoms with Gasteiger partial charge >= 0.3 is 0 Å². The van der Waals surface area contributed by atoms with Crippen molar-refractivity contribution in [2.75, 3.05) is 0 Å². The molecule has 0 spiro atoms. The van der Waals surface area contributed by atoms with Crippen LogP contribution in [0, 0.1) is 13.8 Å². The molecule has 0 N–H and O–H groups in total. The van der Waals surface area contributed by atoms with Crippen LogP contribution in [0.1, 0.15) is 11.1 Å². The van der Waals surface area contributed by atoms with Crippen LogP contribution in [0.5, 0.6) is 0 Å². The Balaban J connectivity index is 0.00000176. The molecule has 2 heteroatoms. The van der Waals surface area contributed by atoms with E-state index in [2.05, 4.69) is 92.7 Å². The van der Waals surface area contributed by atoms with E-state index in [1.54, 1.807) is 0 Å². The van der Waals surface area contributed by atoms with Crippen LogP contribution in [0.3, 0.4) is 0 Å². The first kappa shape index (κ1) is 16.9. The maximum absolute atomic E-state index is 2.33. The number of halogens is 1. The lowest BCUT2D eigenvalue weighted by atomic mass is 10.2. The molecule has 0 aliphatic rings. The maximum Gasteiger partial charge on any atom is 0.169 e. The van der Waals surface area contributed by atoms with E-state index in [0.717, 1.165) is 0 Å². The molecule has 3 aromatic carbocycles. The number of benzene rings is 3. The van der Waals surface area contributed by atoms with Gasteiger partial charge in [-0.2, -0.15) is 0 Å². The zero-order valence-corrected chi connectivity index (χ0v) is 15.2. The second-order valence-corrected chi connectivity index (χ2v) is 7.20. The van der Waals surface area contributed by atoms with Gasteiger partial charge in [-0.1, -0.05) is 48.5 Å². The highest BCUT2D eigenvalue weighted by molar-refractivity contribution is 7.97. The summed E-state index contributed by atoms with van der Waals surface area (Å²) in [5.74, 6) is 0. The molecule has 112 valence electrons. The molecule has 0 aliphatic heterocycles. The van der Waals surface area contributed by atoms with Crippen molar-refractivity contribution in [3.63, 3.8) is 0 Å². The van der Waals surface area contributed by atoms with Crippen LogP contribution in [-0.2, 0) is 10.9 Å². The molecule has 0 aromatic heterocycles. The Morgan fingerprint density at radius 2 is 1.14 bits per heavy atom. The molecule has 0 heterocycles. The number of hydrogen-bond donors (Lipinski definition) is 0. The molecule has 22 heavy (non-hydrogen) atoms. The van der Waals surface area contributed by atoms with Gasteiger partial charge in [-0.05, 0) is 49.7 Å². The summed E-state index contributed by atoms with van der Waals surface area (Å²) in [5.41, 5.74) is 2.68. The molecule has 0 bridgehead atoms. The third kappa shape index (κ3) is 3.63. The summed E-state index contributed by atoms with van der Waals surface area (Å²) in [5, 5.41) is 0. The van der Waals surface area contributed by atoms with Gasteiger partial charge in [0.2, 0.25) is 0 Å². The molecule has 0 aliphatic carbocycles. The minimum atomic E-state index is -0.0365. The Morgan fingerprint density at radius 3 is 1.64 bits per heavy atom. The number of hydrogen-bond acceptors (Lipinski definition) is 0. The van der Waals surface area contributed by atoms with Gasteiger partial charge in [0.25, 0.3) is 0 Å². The van der Waals surface area contributed by atoms with E-state index >= 15 is 0 Å². The van der Waals surface area contributed by atoms with Crippen molar-refractivity contribution >= 4 is 10.9 Å². The fraction of sp³-hybridized carbons (Fsp3) is 0.100. The zero-order chi connectivity index (χ0) is 14.7. The molecule has 3 aromatic rings. The molecule has 0 unspecified atom stereocenters. The highest BCUT2D eigenvalue weighted by Gasteiger charge is 2.29. The van der Waals surface area contributed by atoms with Gasteiger partial charge in [0.05, 0.1) is 10.9 Å². The smallest absolute Gasteiger partial charge is 0.169 e. The van der Waals surface area contributed by atoms with Crippen LogP contribution in [-0.4, -0.2) is 0 Å². The molecule has 0 nitrogen and oxygen atoms in total. The van der Waals surface area contributed by atoms with Crippen LogP contribution < -0.4 is 17.0 Å². The van der Waals surface area contributed by atoms with E-state index in [9.17, 15) is 0 Å². The first-order valence-electron chi connectivity index (χ1n) is 7.17. The predicted octanol–water partition coefficient (Wildman–Crippen LogP) is 2.40. The number of rotatable bonds is 3. The lowest BCUT2D eigenvalue weighted by molar-refractivity contribution is -0.00000431. The van der Waals surface area contributed by atoms with E-state index in [0.29, 0.717) is 0 Å². The zero-order valence-electron chi connectivity index (χ0n) is 12.8. The quantitative estimate of drug-likeness (QED) is 0.621. The van der Waals surface area contributed by atoms with Crippen LogP contribution in [0.4, 0.5) is 0 Å². The SMILES string of the molecule is Cc1ccc(C)c([S+](c2ccccc2)c2ccccc2)c1.[Br-]. The minimum Gasteiger partial charge on any atom is -1.00 e. The molecule has 3 rings (SSSR count). The first-order chi connectivity index (χ1) is 10.3. The van der Waals surface area contributed by atoms with E-state index < -0.39 is 0 Å². The van der Waals surface area contributed by atoms with Crippen molar-refractivity contribution in [1.29, 1.82) is 0 Å². The number of aryl methyl sites for hydroxylation is 2. The highest BCUT2D eigenvalue weighted by atomic mass is 79.9. The van der Waals surface area contributed by atoms with Gasteiger partial charge in [0.1, 0.15) is 0 Å². The monoisotopic (exact) mass is 370 g/mol. The molecule has 0 fully saturated rings. The third-order valence-corrected chi connectivity index (χ3v) is 5.89. The largest absolute Gasteiger partial charge is 1.00 e. The predicted molar refractivity (Wildman–Crippen MR) is 91.0 cm³/mol. The molecular formula is C20H19BrS. The lowest BCUT2D eigenvalue weighted by Gasteiger charge is -2.10. The van der Waals surface area contributed by atoms with Crippen LogP contribution in [0.15, 0.2) is 93.5 Å². The normalized spacial score (nSPS) is 10.3. The summed E-state index contributed by atoms with van der Waals surface area (Å²) < 4.78 is 0. The van der Waals surface area contributed by atoms with Crippen molar-refractivity contribution in [2.24, 2.45) is 0 Å². The summed E-state index contributed by atoms with van der Waals surface area (Å²) >= 11 is 0. The van der Waals surface area contributed by atoms with Crippen molar-refractivity contribution in [3.8, 4) is 0 Å². The van der Waals surface area contributed by atoms with E-state index in [1.807, 2.05) is 0 Å². The van der Waals surface area contributed by atoms with Gasteiger partial charge in [0.15, 0.2) is 14.7 Å². The maximum atomic E-state index is 2.33. The van der Waals surface area contributed by atoms with E-state index in [1.165, 1.54) is 25.8 Å². The molecule has 0 atom stereocenters. The van der Waals surface area contributed by atoms with Crippen LogP contribution >= 0.6 is 0 Å². The topological polar surface area (TPSA) is 0 Å². The van der Waals surface area contributed by atoms with Gasteiger partial charge in [0, 0.05) is 5.56 Å². The Bertz CT molecular complexity index is 684. The molecule has 0 amide bonds. The third-order valence-electron chi connectivity index (χ3n) is 3.52. The Labute approximate surface area is 146 Å². The highest BCUT2D eigenvalue weighted by Crippen LogP contribution is 2.33. The Kier molecular flexibility index (Phi) is 5.87. The fourth-order valence-electron chi connectivity index (χ4n) is 2.43. The fourth-order valence-corrected chi connectivity index (χ4v) is 4.76. The molecule has 0 radical (unpaired) electrons. The summed E-state index contributed by atoms with van der Waals surface area (Å²) in [6.45, 7) is 4.38. The standard InChI is InChI=1S/C20H19S.BrH/c1-16-13-14-17(2)20(15-16)21(18-9-5-3-6-10-18)19-11-7-4-8-12-19;/h3-15H,1-2H3;1H/q+1;/p-1. The summed E-state index contributed by atoms with van der Waals surface area (Å²) in [6, 6.07) is 28.4. The minimum absolute atomic E-state index is 0. The van der Waals surface area contributed by atoms with Crippen molar-refractivity contribution in [1.82, 2.24) is 0 Å². The van der Waals surface area contributed by atoms with Gasteiger partial charge in [-0.3, -0.25) is 0 Å². The van der Waals surface area contributed by atoms with Crippen LogP contribution in [0.25, 0.3) is 0 Å². The Morgan fingerprint density at radius 1 is 0.636 bits per heavy atom. The lowest BCUT2D eigenvalue weighted by Crippen LogP contribution is -3.00. The van der Waals surface area contributed by atoms with E-state index in [4.69, 9.17) is 0 Å². The summed E-state index contributed by atoms with van der Waals surface area (Å²) in [6.07, 6.45) is 0.